The van der Waals surface area contributed by atoms with Gasteiger partial charge in [-0.1, -0.05) is 0 Å². The van der Waals surface area contributed by atoms with Crippen molar-refractivity contribution in [3.8, 4) is 0 Å². The first-order valence-electron chi connectivity index (χ1n) is 4.09. The average molecular weight is 193 g/mol. The first kappa shape index (κ1) is 12.0. The topological polar surface area (TPSA) is 37.4 Å². The monoisotopic (exact) mass is 193 g/mol. The Morgan fingerprint density at radius 2 is 1.77 bits per heavy atom. The number of hydrogen-bond donors (Lipinski definition) is 0. The number of Topliss-reactive ketones (excluding diaryl/α,β-unsaturated/α-hetero) is 1. The lowest BCUT2D eigenvalue weighted by Crippen LogP contribution is -2.41. The fraction of sp³-hybridized carbons (Fsp3) is 0.750. The molecule has 76 valence electrons. The van der Waals surface area contributed by atoms with E-state index in [1.54, 1.807) is 13.8 Å². The zero-order valence-corrected chi connectivity index (χ0v) is 7.72. The number of ketones is 1. The van der Waals surface area contributed by atoms with Crippen molar-refractivity contribution in [1.82, 2.24) is 4.90 Å². The average Bonchev–Trinajstić information content (AvgIpc) is 2.17. The van der Waals surface area contributed by atoms with E-state index in [2.05, 4.69) is 0 Å². The van der Waals surface area contributed by atoms with Crippen molar-refractivity contribution in [2.24, 2.45) is 0 Å². The minimum atomic E-state index is -2.34. The van der Waals surface area contributed by atoms with Crippen molar-refractivity contribution in [3.05, 3.63) is 0 Å². The van der Waals surface area contributed by atoms with Crippen LogP contribution in [-0.4, -0.2) is 42.5 Å². The van der Waals surface area contributed by atoms with Crippen LogP contribution in [-0.2, 0) is 9.59 Å². The third-order valence-corrected chi connectivity index (χ3v) is 1.71. The molecule has 1 amide bonds. The molecule has 0 aromatic rings. The van der Waals surface area contributed by atoms with E-state index in [-0.39, 0.29) is 0 Å². The van der Waals surface area contributed by atoms with Crippen LogP contribution < -0.4 is 0 Å². The summed E-state index contributed by atoms with van der Waals surface area (Å²) in [5, 5.41) is 0. The predicted octanol–water partition coefficient (Wildman–Crippen LogP) is 0.731. The van der Waals surface area contributed by atoms with Gasteiger partial charge in [-0.15, -0.1) is 0 Å². The van der Waals surface area contributed by atoms with E-state index >= 15 is 0 Å². The summed E-state index contributed by atoms with van der Waals surface area (Å²) in [6.45, 7) is 2.51. The molecule has 5 heteroatoms. The van der Waals surface area contributed by atoms with Crippen LogP contribution in [0.4, 0.5) is 8.78 Å². The van der Waals surface area contributed by atoms with Gasteiger partial charge in [-0.05, 0) is 13.8 Å². The summed E-state index contributed by atoms with van der Waals surface area (Å²) < 4.78 is 24.5. The molecule has 3 nitrogen and oxygen atoms in total. The van der Waals surface area contributed by atoms with Crippen LogP contribution in [0.25, 0.3) is 0 Å². The van der Waals surface area contributed by atoms with Crippen molar-refractivity contribution < 1.29 is 18.4 Å². The SMILES string of the molecule is CCN(CC)C(=O)C(F)C(=O)CF. The summed E-state index contributed by atoms with van der Waals surface area (Å²) in [6, 6.07) is 0. The number of carbonyl (C=O) groups excluding carboxylic acids is 2. The molecule has 0 aliphatic rings. The van der Waals surface area contributed by atoms with Gasteiger partial charge < -0.3 is 4.90 Å². The standard InChI is InChI=1S/C8H13F2NO2/c1-3-11(4-2)8(13)7(10)6(12)5-9/h7H,3-5H2,1-2H3. The number of hydrogen-bond acceptors (Lipinski definition) is 2. The van der Waals surface area contributed by atoms with Crippen LogP contribution in [0.5, 0.6) is 0 Å². The van der Waals surface area contributed by atoms with E-state index in [1.165, 1.54) is 0 Å². The first-order chi connectivity index (χ1) is 6.08. The Hall–Kier alpha value is -1.00. The zero-order valence-electron chi connectivity index (χ0n) is 7.72. The highest BCUT2D eigenvalue weighted by molar-refractivity contribution is 6.04. The van der Waals surface area contributed by atoms with E-state index in [9.17, 15) is 18.4 Å². The van der Waals surface area contributed by atoms with Crippen molar-refractivity contribution in [2.75, 3.05) is 19.8 Å². The van der Waals surface area contributed by atoms with Crippen molar-refractivity contribution in [3.63, 3.8) is 0 Å². The summed E-state index contributed by atoms with van der Waals surface area (Å²) in [6.07, 6.45) is -2.34. The number of rotatable bonds is 5. The maximum Gasteiger partial charge on any atom is 0.265 e. The quantitative estimate of drug-likeness (QED) is 0.604. The summed E-state index contributed by atoms with van der Waals surface area (Å²) >= 11 is 0. The van der Waals surface area contributed by atoms with Crippen molar-refractivity contribution in [2.45, 2.75) is 20.0 Å². The second-order valence-electron chi connectivity index (χ2n) is 2.47. The molecule has 13 heavy (non-hydrogen) atoms. The fourth-order valence-corrected chi connectivity index (χ4v) is 0.901. The van der Waals surface area contributed by atoms with Crippen molar-refractivity contribution >= 4 is 11.7 Å². The summed E-state index contributed by atoms with van der Waals surface area (Å²) in [4.78, 5) is 22.7. The van der Waals surface area contributed by atoms with E-state index in [1.807, 2.05) is 0 Å². The largest absolute Gasteiger partial charge is 0.340 e. The summed E-state index contributed by atoms with van der Waals surface area (Å²) in [5.41, 5.74) is 0. The molecule has 0 saturated carbocycles. The van der Waals surface area contributed by atoms with Gasteiger partial charge >= 0.3 is 0 Å². The third kappa shape index (κ3) is 3.08. The third-order valence-electron chi connectivity index (χ3n) is 1.71. The molecule has 0 heterocycles. The minimum absolute atomic E-state index is 0.315. The molecular formula is C8H13F2NO2. The van der Waals surface area contributed by atoms with Crippen molar-refractivity contribution in [1.29, 1.82) is 0 Å². The lowest BCUT2D eigenvalue weighted by atomic mass is 10.2. The van der Waals surface area contributed by atoms with E-state index < -0.39 is 24.5 Å². The fourth-order valence-electron chi connectivity index (χ4n) is 0.901. The van der Waals surface area contributed by atoms with Gasteiger partial charge in [0, 0.05) is 13.1 Å². The van der Waals surface area contributed by atoms with Crippen LogP contribution in [0.1, 0.15) is 13.8 Å². The maximum atomic E-state index is 12.8. The molecule has 1 unspecified atom stereocenters. The molecule has 0 N–H and O–H groups in total. The Labute approximate surface area is 75.7 Å². The lowest BCUT2D eigenvalue weighted by molar-refractivity contribution is -0.142. The number of halogens is 2. The van der Waals surface area contributed by atoms with Crippen LogP contribution in [0.15, 0.2) is 0 Å². The Kier molecular flexibility index (Phi) is 5.18. The lowest BCUT2D eigenvalue weighted by Gasteiger charge is -2.19. The smallest absolute Gasteiger partial charge is 0.265 e. The molecule has 0 radical (unpaired) electrons. The van der Waals surface area contributed by atoms with E-state index in [0.29, 0.717) is 13.1 Å². The van der Waals surface area contributed by atoms with E-state index in [4.69, 9.17) is 0 Å². The predicted molar refractivity (Wildman–Crippen MR) is 43.8 cm³/mol. The Balaban J connectivity index is 4.31. The molecule has 0 fully saturated rings. The molecule has 0 bridgehead atoms. The molecule has 1 atom stereocenters. The Bertz CT molecular complexity index is 193. The first-order valence-corrected chi connectivity index (χ1v) is 4.09. The second kappa shape index (κ2) is 5.61. The Morgan fingerprint density at radius 3 is 2.08 bits per heavy atom. The Morgan fingerprint density at radius 1 is 1.31 bits per heavy atom. The van der Waals surface area contributed by atoms with Gasteiger partial charge in [-0.2, -0.15) is 0 Å². The highest BCUT2D eigenvalue weighted by atomic mass is 19.1. The van der Waals surface area contributed by atoms with Crippen LogP contribution in [0, 0.1) is 0 Å². The van der Waals surface area contributed by atoms with Gasteiger partial charge in [0.15, 0.2) is 6.67 Å². The molecule has 0 aliphatic heterocycles. The summed E-state index contributed by atoms with van der Waals surface area (Å²) in [7, 11) is 0. The number of carbonyl (C=O) groups is 2. The zero-order chi connectivity index (χ0) is 10.4. The highest BCUT2D eigenvalue weighted by Crippen LogP contribution is 2.01. The highest BCUT2D eigenvalue weighted by Gasteiger charge is 2.28. The molecule has 0 aliphatic carbocycles. The van der Waals surface area contributed by atoms with E-state index in [0.717, 1.165) is 4.90 Å². The normalized spacial score (nSPS) is 12.3. The summed E-state index contributed by atoms with van der Waals surface area (Å²) in [5.74, 6) is -2.26. The molecule has 0 aromatic carbocycles. The van der Waals surface area contributed by atoms with Crippen LogP contribution in [0.2, 0.25) is 0 Å². The van der Waals surface area contributed by atoms with Gasteiger partial charge in [-0.3, -0.25) is 9.59 Å². The number of nitrogens with zero attached hydrogens (tertiary/aromatic N) is 1. The number of amides is 1. The molecule has 0 spiro atoms. The van der Waals surface area contributed by atoms with Gasteiger partial charge in [-0.25, -0.2) is 8.78 Å². The number of alkyl halides is 2. The van der Waals surface area contributed by atoms with Gasteiger partial charge in [0.25, 0.3) is 5.91 Å². The minimum Gasteiger partial charge on any atom is -0.340 e. The van der Waals surface area contributed by atoms with Gasteiger partial charge in [0.05, 0.1) is 0 Å². The van der Waals surface area contributed by atoms with Gasteiger partial charge in [0.1, 0.15) is 0 Å². The van der Waals surface area contributed by atoms with Crippen LogP contribution in [0.3, 0.4) is 0 Å². The van der Waals surface area contributed by atoms with Crippen LogP contribution >= 0.6 is 0 Å². The van der Waals surface area contributed by atoms with Gasteiger partial charge in [0.2, 0.25) is 12.0 Å². The maximum absolute atomic E-state index is 12.8. The molecular weight excluding hydrogens is 180 g/mol. The molecule has 0 saturated heterocycles. The molecule has 0 aromatic heterocycles. The molecule has 0 rings (SSSR count). The second-order valence-corrected chi connectivity index (χ2v) is 2.47.